The van der Waals surface area contributed by atoms with Crippen LogP contribution in [0.25, 0.3) is 11.0 Å². The van der Waals surface area contributed by atoms with Gasteiger partial charge in [-0.15, -0.1) is 0 Å². The highest BCUT2D eigenvalue weighted by Gasteiger charge is 2.12. The third-order valence-electron chi connectivity index (χ3n) is 3.93. The second-order valence-corrected chi connectivity index (χ2v) is 5.45. The summed E-state index contributed by atoms with van der Waals surface area (Å²) < 4.78 is 5.64. The first kappa shape index (κ1) is 14.3. The number of hydrogen-bond donors (Lipinski definition) is 1. The number of rotatable bonds is 4. The fourth-order valence-electron chi connectivity index (χ4n) is 2.46. The van der Waals surface area contributed by atoms with E-state index < -0.39 is 0 Å². The number of furan rings is 1. The maximum absolute atomic E-state index is 12.1. The summed E-state index contributed by atoms with van der Waals surface area (Å²) in [7, 11) is 0. The van der Waals surface area contributed by atoms with Gasteiger partial charge in [0.05, 0.1) is 12.7 Å². The summed E-state index contributed by atoms with van der Waals surface area (Å²) in [5.74, 6) is -0.0160. The molecule has 2 aromatic heterocycles. The zero-order valence-electron chi connectivity index (χ0n) is 12.7. The number of aromatic nitrogens is 1. The van der Waals surface area contributed by atoms with Gasteiger partial charge in [0, 0.05) is 29.9 Å². The average Bonchev–Trinajstić information content (AvgIpc) is 2.93. The molecule has 0 atom stereocenters. The normalized spacial score (nSPS) is 10.8. The Labute approximate surface area is 129 Å². The van der Waals surface area contributed by atoms with E-state index in [1.54, 1.807) is 18.7 Å². The lowest BCUT2D eigenvalue weighted by molar-refractivity contribution is -0.120. The Morgan fingerprint density at radius 2 is 1.95 bits per heavy atom. The molecule has 1 N–H and O–H groups in total. The predicted molar refractivity (Wildman–Crippen MR) is 85.5 cm³/mol. The second-order valence-electron chi connectivity index (χ2n) is 5.45. The van der Waals surface area contributed by atoms with Crippen molar-refractivity contribution in [2.45, 2.75) is 26.8 Å². The monoisotopic (exact) mass is 294 g/mol. The number of aryl methyl sites for hydroxylation is 2. The number of fused-ring (bicyclic) bond motifs is 1. The Morgan fingerprint density at radius 3 is 2.73 bits per heavy atom. The van der Waals surface area contributed by atoms with Crippen LogP contribution in [-0.2, 0) is 17.8 Å². The molecule has 4 heteroatoms. The summed E-state index contributed by atoms with van der Waals surface area (Å²) in [5, 5.41) is 3.94. The van der Waals surface area contributed by atoms with Crippen molar-refractivity contribution in [1.82, 2.24) is 10.3 Å². The first-order valence-electron chi connectivity index (χ1n) is 7.27. The van der Waals surface area contributed by atoms with Crippen LogP contribution < -0.4 is 5.32 Å². The van der Waals surface area contributed by atoms with Crippen LogP contribution in [-0.4, -0.2) is 10.9 Å². The van der Waals surface area contributed by atoms with Crippen LogP contribution in [0.3, 0.4) is 0 Å². The van der Waals surface area contributed by atoms with Crippen molar-refractivity contribution >= 4 is 16.9 Å². The molecule has 0 unspecified atom stereocenters. The topological polar surface area (TPSA) is 55.1 Å². The first-order valence-corrected chi connectivity index (χ1v) is 7.27. The third-order valence-corrected chi connectivity index (χ3v) is 3.93. The van der Waals surface area contributed by atoms with Gasteiger partial charge >= 0.3 is 0 Å². The van der Waals surface area contributed by atoms with Gasteiger partial charge in [-0.1, -0.05) is 12.1 Å². The number of nitrogens with one attached hydrogen (secondary N) is 1. The van der Waals surface area contributed by atoms with Crippen LogP contribution in [0.2, 0.25) is 0 Å². The fraction of sp³-hybridized carbons (Fsp3) is 0.222. The van der Waals surface area contributed by atoms with E-state index in [2.05, 4.69) is 23.3 Å². The molecular weight excluding hydrogens is 276 g/mol. The summed E-state index contributed by atoms with van der Waals surface area (Å²) in [6.07, 6.45) is 5.44. The zero-order valence-corrected chi connectivity index (χ0v) is 12.7. The molecular formula is C18H18N2O2. The molecule has 0 aliphatic rings. The highest BCUT2D eigenvalue weighted by Crippen LogP contribution is 2.26. The lowest BCUT2D eigenvalue weighted by Gasteiger charge is -2.05. The lowest BCUT2D eigenvalue weighted by Crippen LogP contribution is -2.24. The summed E-state index contributed by atoms with van der Waals surface area (Å²) in [5.41, 5.74) is 5.14. The number of benzene rings is 1. The van der Waals surface area contributed by atoms with Gasteiger partial charge in [0.2, 0.25) is 5.91 Å². The number of carbonyl (C=O) groups excluding carboxylic acids is 1. The fourth-order valence-corrected chi connectivity index (χ4v) is 2.46. The van der Waals surface area contributed by atoms with E-state index in [1.807, 2.05) is 25.1 Å². The van der Waals surface area contributed by atoms with Crippen LogP contribution in [0.15, 0.2) is 47.3 Å². The molecule has 1 aromatic carbocycles. The van der Waals surface area contributed by atoms with Crippen LogP contribution in [0.4, 0.5) is 0 Å². The Morgan fingerprint density at radius 1 is 1.18 bits per heavy atom. The number of amides is 1. The van der Waals surface area contributed by atoms with Gasteiger partial charge in [0.1, 0.15) is 5.58 Å². The summed E-state index contributed by atoms with van der Waals surface area (Å²) in [6.45, 7) is 4.60. The van der Waals surface area contributed by atoms with Crippen LogP contribution >= 0.6 is 0 Å². The molecule has 112 valence electrons. The first-order chi connectivity index (χ1) is 10.6. The van der Waals surface area contributed by atoms with Crippen molar-refractivity contribution < 1.29 is 9.21 Å². The standard InChI is InChI=1S/C18H18N2O2/c1-12-3-4-16-15(11-22-18(16)13(12)2)9-17(21)20-10-14-5-7-19-8-6-14/h3-8,11H,9-10H2,1-2H3,(H,20,21). The van der Waals surface area contributed by atoms with Crippen molar-refractivity contribution in [1.29, 1.82) is 0 Å². The maximum atomic E-state index is 12.1. The number of carbonyl (C=O) groups is 1. The van der Waals surface area contributed by atoms with Gasteiger partial charge in [-0.05, 0) is 42.7 Å². The van der Waals surface area contributed by atoms with Crippen LogP contribution in [0, 0.1) is 13.8 Å². The van der Waals surface area contributed by atoms with Gasteiger partial charge in [-0.2, -0.15) is 0 Å². The molecule has 0 fully saturated rings. The Balaban J connectivity index is 1.71. The van der Waals surface area contributed by atoms with Crippen molar-refractivity contribution in [3.8, 4) is 0 Å². The SMILES string of the molecule is Cc1ccc2c(CC(=O)NCc3ccncc3)coc2c1C. The predicted octanol–water partition coefficient (Wildman–Crippen LogP) is 3.30. The van der Waals surface area contributed by atoms with E-state index in [0.29, 0.717) is 13.0 Å². The smallest absolute Gasteiger partial charge is 0.224 e. The molecule has 1 amide bonds. The molecule has 0 saturated carbocycles. The number of pyridine rings is 1. The van der Waals surface area contributed by atoms with Crippen molar-refractivity contribution in [3.05, 3.63) is 65.2 Å². The lowest BCUT2D eigenvalue weighted by atomic mass is 10.0. The third kappa shape index (κ3) is 2.86. The zero-order chi connectivity index (χ0) is 15.5. The van der Waals surface area contributed by atoms with Crippen LogP contribution in [0.5, 0.6) is 0 Å². The minimum Gasteiger partial charge on any atom is -0.464 e. The molecule has 3 rings (SSSR count). The van der Waals surface area contributed by atoms with Gasteiger partial charge in [0.15, 0.2) is 0 Å². The highest BCUT2D eigenvalue weighted by molar-refractivity contribution is 5.89. The Hall–Kier alpha value is -2.62. The van der Waals surface area contributed by atoms with E-state index in [1.165, 1.54) is 5.56 Å². The van der Waals surface area contributed by atoms with Crippen molar-refractivity contribution in [2.75, 3.05) is 0 Å². The Bertz CT molecular complexity index is 807. The quantitative estimate of drug-likeness (QED) is 0.803. The molecule has 4 nitrogen and oxygen atoms in total. The van der Waals surface area contributed by atoms with Gasteiger partial charge in [-0.25, -0.2) is 0 Å². The highest BCUT2D eigenvalue weighted by atomic mass is 16.3. The Kier molecular flexibility index (Phi) is 3.92. The average molecular weight is 294 g/mol. The van der Waals surface area contributed by atoms with Crippen molar-refractivity contribution in [3.63, 3.8) is 0 Å². The molecule has 3 aromatic rings. The maximum Gasteiger partial charge on any atom is 0.224 e. The van der Waals surface area contributed by atoms with E-state index in [9.17, 15) is 4.79 Å². The summed E-state index contributed by atoms with van der Waals surface area (Å²) in [4.78, 5) is 16.1. The van der Waals surface area contributed by atoms with Gasteiger partial charge in [-0.3, -0.25) is 9.78 Å². The number of nitrogens with zero attached hydrogens (tertiary/aromatic N) is 1. The largest absolute Gasteiger partial charge is 0.464 e. The molecule has 22 heavy (non-hydrogen) atoms. The molecule has 0 radical (unpaired) electrons. The van der Waals surface area contributed by atoms with Gasteiger partial charge in [0.25, 0.3) is 0 Å². The van der Waals surface area contributed by atoms with Gasteiger partial charge < -0.3 is 9.73 Å². The molecule has 0 bridgehead atoms. The molecule has 2 heterocycles. The molecule has 0 saturated heterocycles. The molecule has 0 aliphatic carbocycles. The summed E-state index contributed by atoms with van der Waals surface area (Å²) >= 11 is 0. The number of hydrogen-bond acceptors (Lipinski definition) is 3. The van der Waals surface area contributed by atoms with E-state index >= 15 is 0 Å². The van der Waals surface area contributed by atoms with Crippen molar-refractivity contribution in [2.24, 2.45) is 0 Å². The minimum atomic E-state index is -0.0160. The second kappa shape index (κ2) is 6.02. The minimum absolute atomic E-state index is 0.0160. The molecule has 0 aliphatic heterocycles. The van der Waals surface area contributed by atoms with E-state index in [4.69, 9.17) is 4.42 Å². The van der Waals surface area contributed by atoms with E-state index in [-0.39, 0.29) is 5.91 Å². The summed E-state index contributed by atoms with van der Waals surface area (Å²) in [6, 6.07) is 7.86. The van der Waals surface area contributed by atoms with Crippen LogP contribution in [0.1, 0.15) is 22.3 Å². The molecule has 0 spiro atoms. The van der Waals surface area contributed by atoms with E-state index in [0.717, 1.165) is 27.7 Å².